The third-order valence-corrected chi connectivity index (χ3v) is 3.82. The van der Waals surface area contributed by atoms with Gasteiger partial charge in [0.25, 0.3) is 0 Å². The normalized spacial score (nSPS) is 16.2. The molecule has 2 aromatic rings. The summed E-state index contributed by atoms with van der Waals surface area (Å²) < 4.78 is 16.3. The van der Waals surface area contributed by atoms with E-state index in [9.17, 15) is 4.79 Å². The van der Waals surface area contributed by atoms with Crippen LogP contribution in [-0.2, 0) is 13.0 Å². The lowest BCUT2D eigenvalue weighted by Crippen LogP contribution is -2.47. The lowest BCUT2D eigenvalue weighted by molar-refractivity contribution is 0.183. The van der Waals surface area contributed by atoms with Crippen LogP contribution in [0.25, 0.3) is 0 Å². The number of nitrogens with one attached hydrogen (secondary N) is 1. The number of rotatable bonds is 4. The van der Waals surface area contributed by atoms with Crippen LogP contribution in [0.1, 0.15) is 11.3 Å². The molecule has 0 aliphatic carbocycles. The predicted octanol–water partition coefficient (Wildman–Crippen LogP) is 2.43. The van der Waals surface area contributed by atoms with E-state index < -0.39 is 0 Å². The van der Waals surface area contributed by atoms with Crippen molar-refractivity contribution in [2.45, 2.75) is 19.0 Å². The molecule has 3 rings (SSSR count). The van der Waals surface area contributed by atoms with Crippen molar-refractivity contribution in [3.05, 3.63) is 47.9 Å². The largest absolute Gasteiger partial charge is 0.493 e. The highest BCUT2D eigenvalue weighted by atomic mass is 16.5. The second-order valence-electron chi connectivity index (χ2n) is 5.55. The highest BCUT2D eigenvalue weighted by molar-refractivity contribution is 5.74. The van der Waals surface area contributed by atoms with Gasteiger partial charge in [-0.2, -0.15) is 0 Å². The molecule has 0 saturated heterocycles. The zero-order valence-corrected chi connectivity index (χ0v) is 13.2. The highest BCUT2D eigenvalue weighted by Gasteiger charge is 2.24. The number of hydrogen-bond donors (Lipinski definition) is 1. The Hall–Kier alpha value is -2.63. The molecule has 0 spiro atoms. The molecule has 1 aliphatic rings. The number of carbonyl (C=O) groups excluding carboxylic acids is 1. The first-order valence-electron chi connectivity index (χ1n) is 7.50. The van der Waals surface area contributed by atoms with Crippen LogP contribution in [0, 0.1) is 0 Å². The molecule has 1 aromatic heterocycles. The number of amides is 2. The molecule has 0 fully saturated rings. The van der Waals surface area contributed by atoms with Gasteiger partial charge in [-0.3, -0.25) is 0 Å². The van der Waals surface area contributed by atoms with Gasteiger partial charge in [0.2, 0.25) is 0 Å². The fourth-order valence-electron chi connectivity index (χ4n) is 2.64. The lowest BCUT2D eigenvalue weighted by atomic mass is 10.0. The van der Waals surface area contributed by atoms with Gasteiger partial charge in [-0.25, -0.2) is 4.79 Å². The molecule has 0 saturated carbocycles. The number of fused-ring (bicyclic) bond motifs is 1. The molecule has 6 heteroatoms. The SMILES string of the molecule is COc1cccc2c1OC[C@H](NC(=O)N(C)Cc1ccco1)C2. The van der Waals surface area contributed by atoms with Crippen LogP contribution >= 0.6 is 0 Å². The van der Waals surface area contributed by atoms with Crippen molar-refractivity contribution in [2.24, 2.45) is 0 Å². The van der Waals surface area contributed by atoms with Crippen molar-refractivity contribution in [3.63, 3.8) is 0 Å². The van der Waals surface area contributed by atoms with Gasteiger partial charge in [-0.05, 0) is 24.6 Å². The first-order chi connectivity index (χ1) is 11.2. The molecule has 2 amide bonds. The van der Waals surface area contributed by atoms with E-state index in [0.717, 1.165) is 22.8 Å². The van der Waals surface area contributed by atoms with Crippen LogP contribution < -0.4 is 14.8 Å². The third kappa shape index (κ3) is 3.41. The molecular weight excluding hydrogens is 296 g/mol. The van der Waals surface area contributed by atoms with Gasteiger partial charge in [0, 0.05) is 12.6 Å². The van der Waals surface area contributed by atoms with Crippen molar-refractivity contribution in [2.75, 3.05) is 20.8 Å². The van der Waals surface area contributed by atoms with Crippen molar-refractivity contribution in [1.82, 2.24) is 10.2 Å². The van der Waals surface area contributed by atoms with E-state index in [4.69, 9.17) is 13.9 Å². The molecular formula is C17H20N2O4. The minimum Gasteiger partial charge on any atom is -0.493 e. The Labute approximate surface area is 135 Å². The van der Waals surface area contributed by atoms with E-state index in [1.807, 2.05) is 24.3 Å². The van der Waals surface area contributed by atoms with Gasteiger partial charge < -0.3 is 24.1 Å². The fraction of sp³-hybridized carbons (Fsp3) is 0.353. The molecule has 0 unspecified atom stereocenters. The second kappa shape index (κ2) is 6.64. The van der Waals surface area contributed by atoms with Crippen LogP contribution in [0.2, 0.25) is 0 Å². The molecule has 0 radical (unpaired) electrons. The number of ether oxygens (including phenoxy) is 2. The molecule has 122 valence electrons. The zero-order valence-electron chi connectivity index (χ0n) is 13.2. The molecule has 6 nitrogen and oxygen atoms in total. The number of carbonyl (C=O) groups is 1. The van der Waals surface area contributed by atoms with Crippen LogP contribution in [-0.4, -0.2) is 37.7 Å². The topological polar surface area (TPSA) is 63.9 Å². The number of methoxy groups -OCH3 is 1. The maximum Gasteiger partial charge on any atom is 0.317 e. The Kier molecular flexibility index (Phi) is 4.41. The average Bonchev–Trinajstić information content (AvgIpc) is 3.06. The van der Waals surface area contributed by atoms with E-state index in [1.165, 1.54) is 0 Å². The van der Waals surface area contributed by atoms with Crippen LogP contribution in [0.15, 0.2) is 41.0 Å². The smallest absolute Gasteiger partial charge is 0.317 e. The maximum absolute atomic E-state index is 12.3. The maximum atomic E-state index is 12.3. The Morgan fingerprint density at radius 3 is 3.00 bits per heavy atom. The molecule has 1 atom stereocenters. The molecule has 23 heavy (non-hydrogen) atoms. The monoisotopic (exact) mass is 316 g/mol. The quantitative estimate of drug-likeness (QED) is 0.941. The van der Waals surface area contributed by atoms with E-state index in [1.54, 1.807) is 31.4 Å². The van der Waals surface area contributed by atoms with Crippen molar-refractivity contribution in [1.29, 1.82) is 0 Å². The van der Waals surface area contributed by atoms with Crippen molar-refractivity contribution in [3.8, 4) is 11.5 Å². The van der Waals surface area contributed by atoms with Gasteiger partial charge in [0.05, 0.1) is 26.0 Å². The summed E-state index contributed by atoms with van der Waals surface area (Å²) in [5, 5.41) is 2.99. The molecule has 1 N–H and O–H groups in total. The first kappa shape index (κ1) is 15.3. The fourth-order valence-corrected chi connectivity index (χ4v) is 2.64. The lowest BCUT2D eigenvalue weighted by Gasteiger charge is -2.28. The number of benzene rings is 1. The summed E-state index contributed by atoms with van der Waals surface area (Å²) in [6.07, 6.45) is 2.31. The standard InChI is InChI=1S/C17H20N2O4/c1-19(10-14-6-4-8-22-14)17(20)18-13-9-12-5-3-7-15(21-2)16(12)23-11-13/h3-8,13H,9-11H2,1-2H3,(H,18,20)/t13-/m1/s1. The summed E-state index contributed by atoms with van der Waals surface area (Å²) in [6, 6.07) is 9.21. The summed E-state index contributed by atoms with van der Waals surface area (Å²) in [6.45, 7) is 0.852. The molecule has 1 aliphatic heterocycles. The summed E-state index contributed by atoms with van der Waals surface area (Å²) in [7, 11) is 3.36. The summed E-state index contributed by atoms with van der Waals surface area (Å²) in [5.41, 5.74) is 1.04. The number of para-hydroxylation sites is 1. The van der Waals surface area contributed by atoms with Crippen LogP contribution in [0.4, 0.5) is 4.79 Å². The van der Waals surface area contributed by atoms with E-state index >= 15 is 0 Å². The van der Waals surface area contributed by atoms with E-state index in [2.05, 4.69) is 5.32 Å². The minimum absolute atomic E-state index is 0.0684. The number of furan rings is 1. The molecule has 2 heterocycles. The number of hydrogen-bond acceptors (Lipinski definition) is 4. The van der Waals surface area contributed by atoms with Crippen LogP contribution in [0.5, 0.6) is 11.5 Å². The van der Waals surface area contributed by atoms with Crippen molar-refractivity contribution < 1.29 is 18.7 Å². The van der Waals surface area contributed by atoms with Gasteiger partial charge in [0.15, 0.2) is 11.5 Å². The molecule has 0 bridgehead atoms. The summed E-state index contributed by atoms with van der Waals surface area (Å²) in [5.74, 6) is 2.24. The van der Waals surface area contributed by atoms with E-state index in [-0.39, 0.29) is 12.1 Å². The van der Waals surface area contributed by atoms with E-state index in [0.29, 0.717) is 19.6 Å². The Balaban J connectivity index is 1.59. The first-order valence-corrected chi connectivity index (χ1v) is 7.50. The van der Waals surface area contributed by atoms with Gasteiger partial charge in [-0.15, -0.1) is 0 Å². The zero-order chi connectivity index (χ0) is 16.2. The summed E-state index contributed by atoms with van der Waals surface area (Å²) >= 11 is 0. The number of urea groups is 1. The predicted molar refractivity (Wildman–Crippen MR) is 84.7 cm³/mol. The van der Waals surface area contributed by atoms with Crippen LogP contribution in [0.3, 0.4) is 0 Å². The van der Waals surface area contributed by atoms with Gasteiger partial charge in [0.1, 0.15) is 12.4 Å². The van der Waals surface area contributed by atoms with Crippen molar-refractivity contribution >= 4 is 6.03 Å². The highest BCUT2D eigenvalue weighted by Crippen LogP contribution is 2.34. The summed E-state index contributed by atoms with van der Waals surface area (Å²) in [4.78, 5) is 13.8. The Morgan fingerprint density at radius 2 is 2.26 bits per heavy atom. The van der Waals surface area contributed by atoms with Gasteiger partial charge >= 0.3 is 6.03 Å². The molecule has 1 aromatic carbocycles. The Morgan fingerprint density at radius 1 is 1.39 bits per heavy atom. The third-order valence-electron chi connectivity index (χ3n) is 3.82. The average molecular weight is 316 g/mol. The second-order valence-corrected chi connectivity index (χ2v) is 5.55. The minimum atomic E-state index is -0.152. The van der Waals surface area contributed by atoms with Gasteiger partial charge in [-0.1, -0.05) is 12.1 Å². The number of nitrogens with zero attached hydrogens (tertiary/aromatic N) is 1. The Bertz CT molecular complexity index is 669.